The molecule has 1 aliphatic heterocycles. The number of aromatic amines is 2. The van der Waals surface area contributed by atoms with Crippen LogP contribution < -0.4 is 0 Å². The Morgan fingerprint density at radius 1 is 1.11 bits per heavy atom. The number of H-pyrrole nitrogens is 2. The molecule has 0 amide bonds. The minimum Gasteiger partial charge on any atom is -0.361 e. The number of imidazole rings is 1. The summed E-state index contributed by atoms with van der Waals surface area (Å²) >= 11 is 0. The maximum Gasteiger partial charge on any atom is 0.156 e. The quantitative estimate of drug-likeness (QED) is 0.567. The highest BCUT2D eigenvalue weighted by atomic mass is 15.1. The Bertz CT molecular complexity index is 1080. The molecule has 0 radical (unpaired) electrons. The molecular weight excluding hydrogens is 348 g/mol. The Hall–Kier alpha value is -2.99. The summed E-state index contributed by atoms with van der Waals surface area (Å²) in [5, 5.41) is 1.27. The number of hydrogen-bond acceptors (Lipinski definition) is 4. The zero-order valence-electron chi connectivity index (χ0n) is 16.0. The van der Waals surface area contributed by atoms with E-state index in [0.717, 1.165) is 42.7 Å². The summed E-state index contributed by atoms with van der Waals surface area (Å²) in [5.74, 6) is 2.04. The highest BCUT2D eigenvalue weighted by molar-refractivity contribution is 5.79. The highest BCUT2D eigenvalue weighted by Gasteiger charge is 2.23. The summed E-state index contributed by atoms with van der Waals surface area (Å²) in [6.45, 7) is 5.09. The second-order valence-electron chi connectivity index (χ2n) is 7.64. The summed E-state index contributed by atoms with van der Waals surface area (Å²) in [5.41, 5.74) is 4.57. The van der Waals surface area contributed by atoms with Gasteiger partial charge in [0.1, 0.15) is 11.5 Å². The Kier molecular flexibility index (Phi) is 4.41. The molecule has 5 rings (SSSR count). The van der Waals surface area contributed by atoms with Crippen molar-refractivity contribution in [3.63, 3.8) is 0 Å². The van der Waals surface area contributed by atoms with Crippen LogP contribution in [0.25, 0.3) is 22.4 Å². The fourth-order valence-corrected chi connectivity index (χ4v) is 4.22. The Balaban J connectivity index is 1.35. The molecule has 2 N–H and O–H groups in total. The van der Waals surface area contributed by atoms with E-state index in [1.807, 2.05) is 19.3 Å². The van der Waals surface area contributed by atoms with Crippen LogP contribution >= 0.6 is 0 Å². The van der Waals surface area contributed by atoms with E-state index in [-0.39, 0.29) is 0 Å². The van der Waals surface area contributed by atoms with Gasteiger partial charge in [-0.15, -0.1) is 0 Å². The highest BCUT2D eigenvalue weighted by Crippen LogP contribution is 2.28. The first-order valence-electron chi connectivity index (χ1n) is 9.88. The van der Waals surface area contributed by atoms with Crippen LogP contribution in [0.3, 0.4) is 0 Å². The first kappa shape index (κ1) is 17.1. The van der Waals surface area contributed by atoms with Crippen molar-refractivity contribution >= 4 is 10.9 Å². The monoisotopic (exact) mass is 372 g/mol. The van der Waals surface area contributed by atoms with Gasteiger partial charge < -0.3 is 9.97 Å². The van der Waals surface area contributed by atoms with Gasteiger partial charge in [-0.2, -0.15) is 0 Å². The van der Waals surface area contributed by atoms with Crippen LogP contribution in [-0.4, -0.2) is 42.9 Å². The average Bonchev–Trinajstić information content (AvgIpc) is 3.39. The summed E-state index contributed by atoms with van der Waals surface area (Å²) < 4.78 is 0. The zero-order chi connectivity index (χ0) is 18.9. The van der Waals surface area contributed by atoms with Crippen molar-refractivity contribution in [1.29, 1.82) is 0 Å². The molecule has 3 aromatic heterocycles. The number of hydrogen-bond donors (Lipinski definition) is 2. The molecule has 1 saturated heterocycles. The lowest BCUT2D eigenvalue weighted by molar-refractivity contribution is 0.198. The number of nitrogens with zero attached hydrogens (tertiary/aromatic N) is 4. The number of benzene rings is 1. The minimum atomic E-state index is 0.429. The van der Waals surface area contributed by atoms with Gasteiger partial charge in [0.15, 0.2) is 5.82 Å². The molecule has 0 bridgehead atoms. The van der Waals surface area contributed by atoms with Crippen LogP contribution in [-0.2, 0) is 6.54 Å². The molecule has 142 valence electrons. The second kappa shape index (κ2) is 7.20. The summed E-state index contributed by atoms with van der Waals surface area (Å²) in [7, 11) is 0. The molecular formula is C22H24N6. The summed E-state index contributed by atoms with van der Waals surface area (Å²) in [4.78, 5) is 22.7. The number of aryl methyl sites for hydroxylation is 1. The number of piperidine rings is 1. The first-order valence-corrected chi connectivity index (χ1v) is 9.88. The van der Waals surface area contributed by atoms with Gasteiger partial charge in [0, 0.05) is 48.8 Å². The smallest absolute Gasteiger partial charge is 0.156 e. The molecule has 1 fully saturated rings. The van der Waals surface area contributed by atoms with Crippen molar-refractivity contribution in [3.8, 4) is 11.5 Å². The van der Waals surface area contributed by atoms with Gasteiger partial charge in [0.25, 0.3) is 0 Å². The predicted molar refractivity (Wildman–Crippen MR) is 110 cm³/mol. The molecule has 1 atom stereocenters. The topological polar surface area (TPSA) is 73.5 Å². The Morgan fingerprint density at radius 3 is 2.96 bits per heavy atom. The average molecular weight is 372 g/mol. The van der Waals surface area contributed by atoms with Crippen LogP contribution in [0.15, 0.2) is 48.9 Å². The third kappa shape index (κ3) is 3.43. The van der Waals surface area contributed by atoms with Crippen LogP contribution in [0.2, 0.25) is 0 Å². The van der Waals surface area contributed by atoms with E-state index in [1.165, 1.54) is 29.3 Å². The van der Waals surface area contributed by atoms with Crippen molar-refractivity contribution in [1.82, 2.24) is 29.8 Å². The second-order valence-corrected chi connectivity index (χ2v) is 7.64. The third-order valence-corrected chi connectivity index (χ3v) is 5.55. The Labute approximate surface area is 164 Å². The lowest BCUT2D eigenvalue weighted by atomic mass is 9.93. The number of nitrogens with one attached hydrogen (secondary N) is 2. The lowest BCUT2D eigenvalue weighted by Crippen LogP contribution is -2.34. The third-order valence-electron chi connectivity index (χ3n) is 5.55. The number of rotatable bonds is 4. The van der Waals surface area contributed by atoms with Gasteiger partial charge >= 0.3 is 0 Å². The fourth-order valence-electron chi connectivity index (χ4n) is 4.22. The van der Waals surface area contributed by atoms with Crippen LogP contribution in [0.5, 0.6) is 0 Å². The number of aromatic nitrogens is 5. The van der Waals surface area contributed by atoms with Gasteiger partial charge in [-0.05, 0) is 55.5 Å². The molecule has 6 heteroatoms. The molecule has 1 aliphatic rings. The number of fused-ring (bicyclic) bond motifs is 1. The van der Waals surface area contributed by atoms with Gasteiger partial charge in [0.2, 0.25) is 0 Å². The van der Waals surface area contributed by atoms with E-state index in [1.54, 1.807) is 6.20 Å². The Morgan fingerprint density at radius 2 is 2.07 bits per heavy atom. The standard InChI is InChI=1S/C22H24N6/c1-15-26-20(12-21(27-15)22-24-8-9-25-22)18-3-2-10-28(14-18)13-16-4-5-17-6-7-23-19(17)11-16/h4-9,11-12,18,23H,2-3,10,13-14H2,1H3,(H,24,25)/t18-/m0/s1. The van der Waals surface area contributed by atoms with Crippen molar-refractivity contribution in [2.75, 3.05) is 13.1 Å². The van der Waals surface area contributed by atoms with E-state index >= 15 is 0 Å². The first-order chi connectivity index (χ1) is 13.7. The van der Waals surface area contributed by atoms with Crippen molar-refractivity contribution in [3.05, 3.63) is 66.0 Å². The predicted octanol–water partition coefficient (Wildman–Crippen LogP) is 4.04. The zero-order valence-corrected chi connectivity index (χ0v) is 16.0. The molecule has 0 saturated carbocycles. The fraction of sp³-hybridized carbons (Fsp3) is 0.318. The molecule has 4 aromatic rings. The molecule has 0 unspecified atom stereocenters. The van der Waals surface area contributed by atoms with E-state index < -0.39 is 0 Å². The van der Waals surface area contributed by atoms with Crippen molar-refractivity contribution in [2.24, 2.45) is 0 Å². The van der Waals surface area contributed by atoms with Gasteiger partial charge in [-0.1, -0.05) is 12.1 Å². The van der Waals surface area contributed by atoms with Gasteiger partial charge in [0.05, 0.1) is 0 Å². The summed E-state index contributed by atoms with van der Waals surface area (Å²) in [6, 6.07) is 10.9. The molecule has 4 heterocycles. The normalized spacial score (nSPS) is 18.0. The van der Waals surface area contributed by atoms with Crippen molar-refractivity contribution in [2.45, 2.75) is 32.2 Å². The van der Waals surface area contributed by atoms with Crippen LogP contribution in [0, 0.1) is 6.92 Å². The maximum atomic E-state index is 4.76. The van der Waals surface area contributed by atoms with E-state index in [4.69, 9.17) is 4.98 Å². The molecule has 0 aliphatic carbocycles. The number of likely N-dealkylation sites (tertiary alicyclic amines) is 1. The SMILES string of the molecule is Cc1nc(-c2ncc[nH]2)cc([C@H]2CCCN(Cc3ccc4cc[nH]c4c3)C2)n1. The van der Waals surface area contributed by atoms with Crippen LogP contribution in [0.4, 0.5) is 0 Å². The van der Waals surface area contributed by atoms with Crippen LogP contribution in [0.1, 0.15) is 35.8 Å². The molecule has 28 heavy (non-hydrogen) atoms. The van der Waals surface area contributed by atoms with E-state index in [2.05, 4.69) is 55.2 Å². The lowest BCUT2D eigenvalue weighted by Gasteiger charge is -2.32. The minimum absolute atomic E-state index is 0.429. The molecule has 6 nitrogen and oxygen atoms in total. The van der Waals surface area contributed by atoms with Gasteiger partial charge in [-0.25, -0.2) is 15.0 Å². The van der Waals surface area contributed by atoms with E-state index in [9.17, 15) is 0 Å². The maximum absolute atomic E-state index is 4.76. The largest absolute Gasteiger partial charge is 0.361 e. The van der Waals surface area contributed by atoms with E-state index in [0.29, 0.717) is 5.92 Å². The molecule has 1 aromatic carbocycles. The van der Waals surface area contributed by atoms with Crippen molar-refractivity contribution < 1.29 is 0 Å². The molecule has 0 spiro atoms. The van der Waals surface area contributed by atoms with Gasteiger partial charge in [-0.3, -0.25) is 4.90 Å². The summed E-state index contributed by atoms with van der Waals surface area (Å²) in [6.07, 6.45) is 7.94.